The number of anilines is 1. The van der Waals surface area contributed by atoms with Gasteiger partial charge >= 0.3 is 0 Å². The van der Waals surface area contributed by atoms with Crippen LogP contribution in [-0.4, -0.2) is 52.4 Å². The molecule has 0 atom stereocenters. The molecule has 0 aliphatic carbocycles. The molecule has 1 aromatic heterocycles. The number of nitrogens with one attached hydrogen (secondary N) is 1. The molecule has 1 aromatic rings. The van der Waals surface area contributed by atoms with E-state index in [2.05, 4.69) is 37.2 Å². The first-order chi connectivity index (χ1) is 9.72. The summed E-state index contributed by atoms with van der Waals surface area (Å²) < 4.78 is 1.74. The van der Waals surface area contributed by atoms with Gasteiger partial charge in [-0.05, 0) is 15.9 Å². The molecule has 108 valence electrons. The minimum atomic E-state index is -0.206. The fraction of sp³-hybridized carbons (Fsp3) is 0.538. The molecule has 7 heteroatoms. The Morgan fingerprint density at radius 2 is 2.25 bits per heavy atom. The second-order valence-electron chi connectivity index (χ2n) is 4.42. The highest BCUT2D eigenvalue weighted by molar-refractivity contribution is 9.10. The molecule has 1 aliphatic rings. The summed E-state index contributed by atoms with van der Waals surface area (Å²) in [6, 6.07) is 0. The summed E-state index contributed by atoms with van der Waals surface area (Å²) in [5, 5.41) is 7.29. The number of thioether (sulfide) groups is 1. The van der Waals surface area contributed by atoms with E-state index in [1.165, 1.54) is 16.2 Å². The normalized spacial score (nSPS) is 15.8. The fourth-order valence-corrected chi connectivity index (χ4v) is 3.39. The van der Waals surface area contributed by atoms with Crippen molar-refractivity contribution in [2.24, 2.45) is 0 Å². The smallest absolute Gasteiger partial charge is 0.284 e. The third-order valence-corrected chi connectivity index (χ3v) is 4.78. The zero-order valence-corrected chi connectivity index (χ0v) is 13.5. The molecule has 2 rings (SSSR count). The van der Waals surface area contributed by atoms with Crippen LogP contribution in [0.3, 0.4) is 0 Å². The van der Waals surface area contributed by atoms with Crippen molar-refractivity contribution in [2.45, 2.75) is 6.54 Å². The van der Waals surface area contributed by atoms with Crippen molar-refractivity contribution in [1.82, 2.24) is 14.7 Å². The first-order valence-corrected chi connectivity index (χ1v) is 8.40. The minimum absolute atomic E-state index is 0.184. The average molecular weight is 357 g/mol. The maximum absolute atomic E-state index is 11.9. The Morgan fingerprint density at radius 3 is 2.95 bits per heavy atom. The van der Waals surface area contributed by atoms with Gasteiger partial charge < -0.3 is 5.32 Å². The second kappa shape index (κ2) is 7.72. The molecule has 0 saturated carbocycles. The average Bonchev–Trinajstić information content (AvgIpc) is 2.48. The molecule has 5 nitrogen and oxygen atoms in total. The van der Waals surface area contributed by atoms with E-state index in [9.17, 15) is 4.79 Å². The Morgan fingerprint density at radius 1 is 1.50 bits per heavy atom. The fourth-order valence-electron chi connectivity index (χ4n) is 1.96. The van der Waals surface area contributed by atoms with E-state index in [1.807, 2.05) is 11.8 Å². The highest BCUT2D eigenvalue weighted by atomic mass is 79.9. The van der Waals surface area contributed by atoms with Gasteiger partial charge in [0.2, 0.25) is 0 Å². The van der Waals surface area contributed by atoms with Crippen molar-refractivity contribution in [3.8, 4) is 12.3 Å². The lowest BCUT2D eigenvalue weighted by atomic mass is 10.4. The highest BCUT2D eigenvalue weighted by Gasteiger charge is 2.11. The molecule has 0 radical (unpaired) electrons. The van der Waals surface area contributed by atoms with Gasteiger partial charge in [0.1, 0.15) is 11.0 Å². The van der Waals surface area contributed by atoms with Crippen LogP contribution in [0.1, 0.15) is 0 Å². The lowest BCUT2D eigenvalue weighted by molar-refractivity contribution is 0.314. The monoisotopic (exact) mass is 356 g/mol. The standard InChI is InChI=1S/C13H17BrN4OS/c1-2-4-18-13(19)12(14)11(10-16-18)15-3-5-17-6-8-20-9-7-17/h1,10,15H,3-9H2. The van der Waals surface area contributed by atoms with Crippen LogP contribution < -0.4 is 10.9 Å². The van der Waals surface area contributed by atoms with Gasteiger partial charge in [-0.15, -0.1) is 6.42 Å². The molecule has 1 aliphatic heterocycles. The van der Waals surface area contributed by atoms with Crippen LogP contribution in [-0.2, 0) is 6.54 Å². The van der Waals surface area contributed by atoms with E-state index in [-0.39, 0.29) is 12.1 Å². The summed E-state index contributed by atoms with van der Waals surface area (Å²) in [4.78, 5) is 14.4. The number of hydrogen-bond acceptors (Lipinski definition) is 5. The molecular weight excluding hydrogens is 340 g/mol. The van der Waals surface area contributed by atoms with Crippen LogP contribution in [0.4, 0.5) is 5.69 Å². The molecule has 1 fully saturated rings. The van der Waals surface area contributed by atoms with E-state index in [0.29, 0.717) is 4.47 Å². The van der Waals surface area contributed by atoms with Gasteiger partial charge in [-0.25, -0.2) is 4.68 Å². The van der Waals surface area contributed by atoms with Crippen molar-refractivity contribution >= 4 is 33.4 Å². The maximum Gasteiger partial charge on any atom is 0.284 e. The quantitative estimate of drug-likeness (QED) is 0.800. The molecule has 0 unspecified atom stereocenters. The molecule has 0 bridgehead atoms. The van der Waals surface area contributed by atoms with Crippen LogP contribution in [0.5, 0.6) is 0 Å². The highest BCUT2D eigenvalue weighted by Crippen LogP contribution is 2.16. The largest absolute Gasteiger partial charge is 0.381 e. The van der Waals surface area contributed by atoms with Gasteiger partial charge in [-0.1, -0.05) is 5.92 Å². The molecule has 0 aromatic carbocycles. The number of rotatable bonds is 5. The SMILES string of the molecule is C#CCn1ncc(NCCN2CCSCC2)c(Br)c1=O. The summed E-state index contributed by atoms with van der Waals surface area (Å²) in [5.74, 6) is 4.81. The number of halogens is 1. The van der Waals surface area contributed by atoms with Crippen LogP contribution in [0.2, 0.25) is 0 Å². The maximum atomic E-state index is 11.9. The second-order valence-corrected chi connectivity index (χ2v) is 6.44. The number of terminal acetylenes is 1. The van der Waals surface area contributed by atoms with Crippen molar-refractivity contribution in [2.75, 3.05) is 43.0 Å². The third kappa shape index (κ3) is 4.01. The van der Waals surface area contributed by atoms with E-state index in [1.54, 1.807) is 6.20 Å². The number of nitrogens with zero attached hydrogens (tertiary/aromatic N) is 3. The molecule has 1 saturated heterocycles. The Balaban J connectivity index is 1.91. The number of hydrogen-bond donors (Lipinski definition) is 1. The van der Waals surface area contributed by atoms with Crippen LogP contribution in [0, 0.1) is 12.3 Å². The zero-order chi connectivity index (χ0) is 14.4. The van der Waals surface area contributed by atoms with E-state index >= 15 is 0 Å². The van der Waals surface area contributed by atoms with Gasteiger partial charge in [0.15, 0.2) is 0 Å². The lowest BCUT2D eigenvalue weighted by Gasteiger charge is -2.26. The summed E-state index contributed by atoms with van der Waals surface area (Å²) in [6.07, 6.45) is 6.83. The van der Waals surface area contributed by atoms with Gasteiger partial charge in [0.25, 0.3) is 5.56 Å². The van der Waals surface area contributed by atoms with Gasteiger partial charge in [-0.2, -0.15) is 16.9 Å². The van der Waals surface area contributed by atoms with E-state index in [0.717, 1.165) is 31.9 Å². The molecule has 2 heterocycles. The van der Waals surface area contributed by atoms with Gasteiger partial charge in [0, 0.05) is 37.7 Å². The van der Waals surface area contributed by atoms with Crippen molar-refractivity contribution in [3.05, 3.63) is 21.0 Å². The van der Waals surface area contributed by atoms with E-state index in [4.69, 9.17) is 6.42 Å². The van der Waals surface area contributed by atoms with Gasteiger partial charge in [-0.3, -0.25) is 9.69 Å². The van der Waals surface area contributed by atoms with Crippen LogP contribution in [0.25, 0.3) is 0 Å². The predicted molar refractivity (Wildman–Crippen MR) is 87.3 cm³/mol. The van der Waals surface area contributed by atoms with Crippen molar-refractivity contribution < 1.29 is 0 Å². The minimum Gasteiger partial charge on any atom is -0.381 e. The van der Waals surface area contributed by atoms with Crippen LogP contribution >= 0.6 is 27.7 Å². The first-order valence-electron chi connectivity index (χ1n) is 6.45. The first kappa shape index (κ1) is 15.4. The third-order valence-electron chi connectivity index (χ3n) is 3.07. The summed E-state index contributed by atoms with van der Waals surface area (Å²) in [7, 11) is 0. The Bertz CT molecular complexity index is 548. The lowest BCUT2D eigenvalue weighted by Crippen LogP contribution is -2.36. The molecule has 1 N–H and O–H groups in total. The Kier molecular flexibility index (Phi) is 5.95. The summed E-state index contributed by atoms with van der Waals surface area (Å²) in [5.41, 5.74) is 0.511. The Hall–Kier alpha value is -0.970. The van der Waals surface area contributed by atoms with Gasteiger partial charge in [0.05, 0.1) is 11.9 Å². The topological polar surface area (TPSA) is 50.2 Å². The predicted octanol–water partition coefficient (Wildman–Crippen LogP) is 1.10. The molecule has 0 spiro atoms. The van der Waals surface area contributed by atoms with Crippen molar-refractivity contribution in [3.63, 3.8) is 0 Å². The Labute approximate surface area is 131 Å². The zero-order valence-electron chi connectivity index (χ0n) is 11.1. The van der Waals surface area contributed by atoms with E-state index < -0.39 is 0 Å². The van der Waals surface area contributed by atoms with Crippen LogP contribution in [0.15, 0.2) is 15.5 Å². The molecule has 0 amide bonds. The molecular formula is C13H17BrN4OS. The number of aromatic nitrogens is 2. The summed E-state index contributed by atoms with van der Waals surface area (Å²) >= 11 is 5.31. The summed E-state index contributed by atoms with van der Waals surface area (Å²) in [6.45, 7) is 4.22. The van der Waals surface area contributed by atoms with Crippen molar-refractivity contribution in [1.29, 1.82) is 0 Å². The molecule has 20 heavy (non-hydrogen) atoms.